The summed E-state index contributed by atoms with van der Waals surface area (Å²) in [5.74, 6) is 0.341. The zero-order valence-corrected chi connectivity index (χ0v) is 8.54. The minimum Gasteiger partial charge on any atom is -0.465 e. The van der Waals surface area contributed by atoms with Crippen LogP contribution in [0, 0.1) is 0 Å². The molecule has 0 aliphatic carbocycles. The highest BCUT2D eigenvalue weighted by Crippen LogP contribution is 2.09. The normalized spacial score (nSPS) is 10.1. The van der Waals surface area contributed by atoms with Crippen molar-refractivity contribution >= 4 is 18.6 Å². The number of hydrogen-bond donors (Lipinski definition) is 1. The first-order chi connectivity index (χ1) is 6.20. The van der Waals surface area contributed by atoms with Gasteiger partial charge in [0.2, 0.25) is 0 Å². The molecule has 0 bridgehead atoms. The second kappa shape index (κ2) is 4.32. The van der Waals surface area contributed by atoms with Gasteiger partial charge >= 0.3 is 5.97 Å². The quantitative estimate of drug-likeness (QED) is 0.576. The van der Waals surface area contributed by atoms with Crippen LogP contribution in [0.25, 0.3) is 0 Å². The molecule has 1 aromatic rings. The first-order valence-electron chi connectivity index (χ1n) is 3.90. The highest BCUT2D eigenvalue weighted by Gasteiger charge is 2.15. The average molecular weight is 200 g/mol. The van der Waals surface area contributed by atoms with Crippen molar-refractivity contribution in [3.8, 4) is 0 Å². The summed E-state index contributed by atoms with van der Waals surface area (Å²) in [6.45, 7) is 0. The van der Waals surface area contributed by atoms with Gasteiger partial charge in [-0.25, -0.2) is 4.79 Å². The third-order valence-corrected chi connectivity index (χ3v) is 2.04. The fraction of sp³-hybridized carbons (Fsp3) is 0.500. The van der Waals surface area contributed by atoms with E-state index >= 15 is 0 Å². The van der Waals surface area contributed by atoms with Gasteiger partial charge in [0.05, 0.1) is 19.0 Å². The maximum atomic E-state index is 11.2. The van der Waals surface area contributed by atoms with E-state index < -0.39 is 0 Å². The molecule has 5 heteroatoms. The van der Waals surface area contributed by atoms with Gasteiger partial charge < -0.3 is 4.74 Å². The zero-order chi connectivity index (χ0) is 9.84. The summed E-state index contributed by atoms with van der Waals surface area (Å²) >= 11 is 4.11. The monoisotopic (exact) mass is 200 g/mol. The third-order valence-electron chi connectivity index (χ3n) is 1.82. The number of esters is 1. The van der Waals surface area contributed by atoms with E-state index in [2.05, 4.69) is 22.5 Å². The molecule has 0 saturated heterocycles. The van der Waals surface area contributed by atoms with Crippen LogP contribution in [-0.2, 0) is 18.2 Å². The minimum atomic E-state index is -0.343. The molecule has 13 heavy (non-hydrogen) atoms. The van der Waals surface area contributed by atoms with E-state index in [-0.39, 0.29) is 5.97 Å². The van der Waals surface area contributed by atoms with Gasteiger partial charge in [0.25, 0.3) is 0 Å². The van der Waals surface area contributed by atoms with Gasteiger partial charge in [-0.05, 0) is 12.2 Å². The van der Waals surface area contributed by atoms with Crippen LogP contribution in [0.1, 0.15) is 16.1 Å². The lowest BCUT2D eigenvalue weighted by Gasteiger charge is -2.02. The van der Waals surface area contributed by atoms with Crippen LogP contribution in [0.15, 0.2) is 6.20 Å². The minimum absolute atomic E-state index is 0.343. The maximum absolute atomic E-state index is 11.2. The number of methoxy groups -OCH3 is 1. The molecule has 0 fully saturated rings. The van der Waals surface area contributed by atoms with E-state index in [4.69, 9.17) is 0 Å². The fourth-order valence-electron chi connectivity index (χ4n) is 1.15. The average Bonchev–Trinajstić information content (AvgIpc) is 2.48. The number of nitrogens with zero attached hydrogens (tertiary/aromatic N) is 2. The molecule has 1 heterocycles. The van der Waals surface area contributed by atoms with E-state index in [0.717, 1.165) is 5.69 Å². The summed E-state index contributed by atoms with van der Waals surface area (Å²) in [6.07, 6.45) is 2.23. The summed E-state index contributed by atoms with van der Waals surface area (Å²) in [5.41, 5.74) is 1.39. The lowest BCUT2D eigenvalue weighted by molar-refractivity contribution is 0.0599. The van der Waals surface area contributed by atoms with E-state index in [0.29, 0.717) is 17.7 Å². The van der Waals surface area contributed by atoms with Crippen LogP contribution in [0.4, 0.5) is 0 Å². The topological polar surface area (TPSA) is 44.1 Å². The van der Waals surface area contributed by atoms with E-state index in [1.165, 1.54) is 13.3 Å². The molecule has 0 aromatic carbocycles. The molecule has 0 aliphatic heterocycles. The van der Waals surface area contributed by atoms with Gasteiger partial charge in [-0.2, -0.15) is 17.7 Å². The van der Waals surface area contributed by atoms with Crippen LogP contribution in [0.3, 0.4) is 0 Å². The zero-order valence-electron chi connectivity index (χ0n) is 7.65. The highest BCUT2D eigenvalue weighted by molar-refractivity contribution is 7.80. The Morgan fingerprint density at radius 2 is 2.46 bits per heavy atom. The molecule has 0 radical (unpaired) electrons. The molecular formula is C8H12N2O2S. The fourth-order valence-corrected chi connectivity index (χ4v) is 1.36. The Morgan fingerprint density at radius 3 is 3.00 bits per heavy atom. The van der Waals surface area contributed by atoms with Gasteiger partial charge in [0.1, 0.15) is 5.56 Å². The Morgan fingerprint density at radius 1 is 1.77 bits per heavy atom. The van der Waals surface area contributed by atoms with Crippen molar-refractivity contribution in [3.05, 3.63) is 17.5 Å². The molecule has 0 aliphatic rings. The molecule has 4 nitrogen and oxygen atoms in total. The van der Waals surface area contributed by atoms with Crippen molar-refractivity contribution in [2.24, 2.45) is 7.05 Å². The largest absolute Gasteiger partial charge is 0.465 e. The summed E-state index contributed by atoms with van der Waals surface area (Å²) in [5, 5.41) is 3.99. The second-order valence-corrected chi connectivity index (χ2v) is 3.04. The number of thiol groups is 1. The SMILES string of the molecule is COC(=O)c1cnn(C)c1CCS. The van der Waals surface area contributed by atoms with Gasteiger partial charge in [0, 0.05) is 7.05 Å². The Hall–Kier alpha value is -0.970. The van der Waals surface area contributed by atoms with Gasteiger partial charge in [0.15, 0.2) is 0 Å². The molecule has 0 saturated carbocycles. The molecule has 0 unspecified atom stereocenters. The molecular weight excluding hydrogens is 188 g/mol. The van der Waals surface area contributed by atoms with Gasteiger partial charge in [-0.15, -0.1) is 0 Å². The molecule has 0 N–H and O–H groups in total. The van der Waals surface area contributed by atoms with Crippen molar-refractivity contribution in [3.63, 3.8) is 0 Å². The van der Waals surface area contributed by atoms with Crippen LogP contribution >= 0.6 is 12.6 Å². The van der Waals surface area contributed by atoms with Crippen molar-refractivity contribution in [2.75, 3.05) is 12.9 Å². The Labute approximate surface area is 82.3 Å². The number of aromatic nitrogens is 2. The summed E-state index contributed by atoms with van der Waals surface area (Å²) < 4.78 is 6.29. The van der Waals surface area contributed by atoms with Crippen molar-refractivity contribution in [1.82, 2.24) is 9.78 Å². The molecule has 1 rings (SSSR count). The molecule has 1 aromatic heterocycles. The van der Waals surface area contributed by atoms with Gasteiger partial charge in [-0.1, -0.05) is 0 Å². The van der Waals surface area contributed by atoms with E-state index in [1.807, 2.05) is 0 Å². The number of hydrogen-bond acceptors (Lipinski definition) is 4. The second-order valence-electron chi connectivity index (χ2n) is 2.59. The summed E-state index contributed by atoms with van der Waals surface area (Å²) in [7, 11) is 3.16. The van der Waals surface area contributed by atoms with E-state index in [1.54, 1.807) is 11.7 Å². The van der Waals surface area contributed by atoms with Crippen LogP contribution in [-0.4, -0.2) is 28.6 Å². The van der Waals surface area contributed by atoms with Crippen molar-refractivity contribution in [1.29, 1.82) is 0 Å². The first-order valence-corrected chi connectivity index (χ1v) is 4.54. The Balaban J connectivity index is 2.99. The Bertz CT molecular complexity index is 309. The van der Waals surface area contributed by atoms with Crippen LogP contribution in [0.5, 0.6) is 0 Å². The molecule has 72 valence electrons. The predicted molar refractivity (Wildman–Crippen MR) is 52.1 cm³/mol. The molecule has 0 amide bonds. The molecule has 0 atom stereocenters. The number of carbonyl (C=O) groups excluding carboxylic acids is 1. The Kier molecular flexibility index (Phi) is 3.36. The lowest BCUT2D eigenvalue weighted by atomic mass is 10.2. The summed E-state index contributed by atoms with van der Waals surface area (Å²) in [6, 6.07) is 0. The lowest BCUT2D eigenvalue weighted by Crippen LogP contribution is -2.07. The predicted octanol–water partition coefficient (Wildman–Crippen LogP) is 0.679. The smallest absolute Gasteiger partial charge is 0.341 e. The highest BCUT2D eigenvalue weighted by atomic mass is 32.1. The third kappa shape index (κ3) is 2.03. The standard InChI is InChI=1S/C8H12N2O2S/c1-10-7(3-4-13)6(5-9-10)8(11)12-2/h5,13H,3-4H2,1-2H3. The first kappa shape index (κ1) is 10.1. The van der Waals surface area contributed by atoms with Crippen molar-refractivity contribution in [2.45, 2.75) is 6.42 Å². The van der Waals surface area contributed by atoms with Crippen LogP contribution in [0.2, 0.25) is 0 Å². The number of carbonyl (C=O) groups is 1. The number of aryl methyl sites for hydroxylation is 1. The van der Waals surface area contributed by atoms with Gasteiger partial charge in [-0.3, -0.25) is 4.68 Å². The van der Waals surface area contributed by atoms with E-state index in [9.17, 15) is 4.79 Å². The number of ether oxygens (including phenoxy) is 1. The van der Waals surface area contributed by atoms with Crippen LogP contribution < -0.4 is 0 Å². The summed E-state index contributed by atoms with van der Waals surface area (Å²) in [4.78, 5) is 11.2. The number of rotatable bonds is 3. The van der Waals surface area contributed by atoms with Crippen molar-refractivity contribution < 1.29 is 9.53 Å². The molecule has 0 spiro atoms. The maximum Gasteiger partial charge on any atom is 0.341 e.